The van der Waals surface area contributed by atoms with Gasteiger partial charge in [-0.2, -0.15) is 0 Å². The van der Waals surface area contributed by atoms with E-state index in [1.807, 2.05) is 24.3 Å². The quantitative estimate of drug-likeness (QED) is 0.548. The molecule has 3 rings (SSSR count). The average Bonchev–Trinajstić information content (AvgIpc) is 3.13. The first kappa shape index (κ1) is 19.3. The predicted molar refractivity (Wildman–Crippen MR) is 105 cm³/mol. The van der Waals surface area contributed by atoms with Gasteiger partial charge >= 0.3 is 0 Å². The van der Waals surface area contributed by atoms with Crippen LogP contribution in [-0.4, -0.2) is 24.0 Å². The summed E-state index contributed by atoms with van der Waals surface area (Å²) in [5.74, 6) is 1.75. The first-order valence-electron chi connectivity index (χ1n) is 8.46. The predicted octanol–water partition coefficient (Wildman–Crippen LogP) is 4.78. The van der Waals surface area contributed by atoms with E-state index in [4.69, 9.17) is 32.4 Å². The minimum Gasteiger partial charge on any atom is -0.492 e. The van der Waals surface area contributed by atoms with Crippen molar-refractivity contribution < 1.29 is 13.9 Å². The molecule has 0 spiro atoms. The lowest BCUT2D eigenvalue weighted by molar-refractivity contribution is -0.121. The number of ether oxygens (including phenoxy) is 1. The summed E-state index contributed by atoms with van der Waals surface area (Å²) < 4.78 is 11.2. The first-order valence-corrected chi connectivity index (χ1v) is 9.21. The minimum atomic E-state index is -0.0871. The molecule has 0 aliphatic rings. The Bertz CT molecular complexity index is 894. The topological polar surface area (TPSA) is 64.4 Å². The highest BCUT2D eigenvalue weighted by molar-refractivity contribution is 6.30. The van der Waals surface area contributed by atoms with Gasteiger partial charge in [-0.1, -0.05) is 29.3 Å². The van der Waals surface area contributed by atoms with Crippen LogP contribution in [0.4, 0.5) is 0 Å². The van der Waals surface area contributed by atoms with Gasteiger partial charge < -0.3 is 14.5 Å². The van der Waals surface area contributed by atoms with Gasteiger partial charge in [0.15, 0.2) is 11.7 Å². The molecule has 27 heavy (non-hydrogen) atoms. The summed E-state index contributed by atoms with van der Waals surface area (Å²) in [7, 11) is 0. The molecule has 0 saturated carbocycles. The van der Waals surface area contributed by atoms with E-state index < -0.39 is 0 Å². The molecular weight excluding hydrogens is 387 g/mol. The first-order chi connectivity index (χ1) is 13.1. The number of nitrogens with one attached hydrogen (secondary N) is 1. The largest absolute Gasteiger partial charge is 0.492 e. The van der Waals surface area contributed by atoms with Crippen LogP contribution in [-0.2, 0) is 11.2 Å². The lowest BCUT2D eigenvalue weighted by Crippen LogP contribution is -2.28. The van der Waals surface area contributed by atoms with Crippen LogP contribution in [0.2, 0.25) is 10.0 Å². The Morgan fingerprint density at radius 1 is 1.11 bits per heavy atom. The lowest BCUT2D eigenvalue weighted by Gasteiger charge is -2.07. The van der Waals surface area contributed by atoms with Gasteiger partial charge in [0.1, 0.15) is 12.4 Å². The van der Waals surface area contributed by atoms with Crippen LogP contribution in [0.1, 0.15) is 12.3 Å². The van der Waals surface area contributed by atoms with Crippen LogP contribution in [0.3, 0.4) is 0 Å². The molecule has 7 heteroatoms. The van der Waals surface area contributed by atoms with E-state index in [1.165, 1.54) is 0 Å². The van der Waals surface area contributed by atoms with Gasteiger partial charge in [0, 0.05) is 28.5 Å². The molecule has 0 unspecified atom stereocenters. The summed E-state index contributed by atoms with van der Waals surface area (Å²) in [4.78, 5) is 16.1. The molecule has 1 amide bonds. The molecule has 140 valence electrons. The second-order valence-electron chi connectivity index (χ2n) is 5.78. The molecule has 2 aromatic carbocycles. The number of oxazole rings is 1. The number of aryl methyl sites for hydroxylation is 1. The fraction of sp³-hybridized carbons (Fsp3) is 0.200. The number of amides is 1. The van der Waals surface area contributed by atoms with E-state index in [9.17, 15) is 4.79 Å². The maximum Gasteiger partial charge on any atom is 0.220 e. The fourth-order valence-corrected chi connectivity index (χ4v) is 2.70. The maximum atomic E-state index is 11.9. The third kappa shape index (κ3) is 6.01. The van der Waals surface area contributed by atoms with Crippen molar-refractivity contribution in [2.45, 2.75) is 12.8 Å². The zero-order valence-corrected chi connectivity index (χ0v) is 16.0. The van der Waals surface area contributed by atoms with E-state index in [-0.39, 0.29) is 12.3 Å². The molecule has 0 radical (unpaired) electrons. The van der Waals surface area contributed by atoms with E-state index >= 15 is 0 Å². The minimum absolute atomic E-state index is 0.0871. The Kier molecular flexibility index (Phi) is 6.74. The van der Waals surface area contributed by atoms with E-state index in [0.29, 0.717) is 47.0 Å². The molecule has 0 bridgehead atoms. The number of benzene rings is 2. The molecule has 1 N–H and O–H groups in total. The second kappa shape index (κ2) is 9.44. The number of nitrogens with zero attached hydrogens (tertiary/aromatic N) is 1. The van der Waals surface area contributed by atoms with Gasteiger partial charge in [0.25, 0.3) is 0 Å². The molecule has 0 aliphatic carbocycles. The fourth-order valence-electron chi connectivity index (χ4n) is 2.40. The average molecular weight is 405 g/mol. The Hall–Kier alpha value is -2.50. The van der Waals surface area contributed by atoms with E-state index in [2.05, 4.69) is 10.3 Å². The zero-order chi connectivity index (χ0) is 19.1. The van der Waals surface area contributed by atoms with Crippen LogP contribution in [0, 0.1) is 0 Å². The van der Waals surface area contributed by atoms with Crippen LogP contribution in [0.15, 0.2) is 59.1 Å². The number of carbonyl (C=O) groups excluding carboxylic acids is 1. The number of hydrogen-bond donors (Lipinski definition) is 1. The summed E-state index contributed by atoms with van der Waals surface area (Å²) in [6.45, 7) is 0.777. The van der Waals surface area contributed by atoms with Crippen molar-refractivity contribution in [2.75, 3.05) is 13.2 Å². The summed E-state index contributed by atoms with van der Waals surface area (Å²) in [5.41, 5.74) is 0.890. The van der Waals surface area contributed by atoms with E-state index in [0.717, 1.165) is 5.56 Å². The molecule has 3 aromatic rings. The SMILES string of the molecule is O=C(CCc1ncc(-c2ccc(Cl)cc2)o1)NCCOc1cccc(Cl)c1. The number of halogens is 2. The second-order valence-corrected chi connectivity index (χ2v) is 6.65. The molecule has 0 fully saturated rings. The smallest absolute Gasteiger partial charge is 0.220 e. The third-order valence-electron chi connectivity index (χ3n) is 3.74. The van der Waals surface area contributed by atoms with Crippen LogP contribution < -0.4 is 10.1 Å². The van der Waals surface area contributed by atoms with E-state index in [1.54, 1.807) is 30.5 Å². The molecular formula is C20H18Cl2N2O3. The van der Waals surface area contributed by atoms with Crippen molar-refractivity contribution in [2.24, 2.45) is 0 Å². The molecule has 0 atom stereocenters. The number of hydrogen-bond acceptors (Lipinski definition) is 4. The standard InChI is InChI=1S/C20H18Cl2N2O3/c21-15-6-4-14(5-7-15)18-13-24-20(27-18)9-8-19(25)23-10-11-26-17-3-1-2-16(22)12-17/h1-7,12-13H,8-11H2,(H,23,25). The van der Waals surface area contributed by atoms with Gasteiger partial charge in [-0.05, 0) is 42.5 Å². The molecule has 0 saturated heterocycles. The highest BCUT2D eigenvalue weighted by Crippen LogP contribution is 2.22. The van der Waals surface area contributed by atoms with Crippen LogP contribution in [0.25, 0.3) is 11.3 Å². The van der Waals surface area contributed by atoms with Gasteiger partial charge in [0.05, 0.1) is 12.7 Å². The number of aromatic nitrogens is 1. The number of rotatable bonds is 8. The van der Waals surface area contributed by atoms with Crippen molar-refractivity contribution in [3.05, 3.63) is 70.7 Å². The Morgan fingerprint density at radius 3 is 2.70 bits per heavy atom. The van der Waals surface area contributed by atoms with Crippen molar-refractivity contribution in [1.29, 1.82) is 0 Å². The van der Waals surface area contributed by atoms with Crippen molar-refractivity contribution >= 4 is 29.1 Å². The van der Waals surface area contributed by atoms with Crippen molar-refractivity contribution in [1.82, 2.24) is 10.3 Å². The van der Waals surface area contributed by atoms with Gasteiger partial charge in [-0.15, -0.1) is 0 Å². The van der Waals surface area contributed by atoms with Gasteiger partial charge in [-0.3, -0.25) is 4.79 Å². The summed E-state index contributed by atoms with van der Waals surface area (Å²) in [6, 6.07) is 14.4. The van der Waals surface area contributed by atoms with Gasteiger partial charge in [0.2, 0.25) is 5.91 Å². The molecule has 1 heterocycles. The molecule has 1 aromatic heterocycles. The van der Waals surface area contributed by atoms with Gasteiger partial charge in [-0.25, -0.2) is 4.98 Å². The highest BCUT2D eigenvalue weighted by atomic mass is 35.5. The lowest BCUT2D eigenvalue weighted by atomic mass is 10.2. The summed E-state index contributed by atoms with van der Waals surface area (Å²) in [5, 5.41) is 4.07. The number of carbonyl (C=O) groups is 1. The zero-order valence-electron chi connectivity index (χ0n) is 14.5. The molecule has 0 aliphatic heterocycles. The van der Waals surface area contributed by atoms with Crippen molar-refractivity contribution in [3.8, 4) is 17.1 Å². The Labute approximate surface area is 167 Å². The Morgan fingerprint density at radius 2 is 1.93 bits per heavy atom. The van der Waals surface area contributed by atoms with Crippen LogP contribution in [0.5, 0.6) is 5.75 Å². The third-order valence-corrected chi connectivity index (χ3v) is 4.22. The molecule has 5 nitrogen and oxygen atoms in total. The highest BCUT2D eigenvalue weighted by Gasteiger charge is 2.09. The normalized spacial score (nSPS) is 10.6. The Balaban J connectivity index is 1.38. The van der Waals surface area contributed by atoms with Crippen molar-refractivity contribution in [3.63, 3.8) is 0 Å². The monoisotopic (exact) mass is 404 g/mol. The maximum absolute atomic E-state index is 11.9. The summed E-state index contributed by atoms with van der Waals surface area (Å²) >= 11 is 11.8. The van der Waals surface area contributed by atoms with Crippen LogP contribution >= 0.6 is 23.2 Å². The summed E-state index contributed by atoms with van der Waals surface area (Å²) in [6.07, 6.45) is 2.36.